The molecule has 146 valence electrons. The first-order valence-corrected chi connectivity index (χ1v) is 10.3. The normalized spacial score (nSPS) is 13.2. The molecule has 0 fully saturated rings. The summed E-state index contributed by atoms with van der Waals surface area (Å²) in [6, 6.07) is 11.8. The molecule has 0 radical (unpaired) electrons. The number of halogens is 1. The van der Waals surface area contributed by atoms with Gasteiger partial charge in [0, 0.05) is 35.9 Å². The third kappa shape index (κ3) is 3.04. The van der Waals surface area contributed by atoms with Crippen molar-refractivity contribution in [2.24, 2.45) is 0 Å². The monoisotopic (exact) mass is 405 g/mol. The van der Waals surface area contributed by atoms with Crippen molar-refractivity contribution in [2.75, 3.05) is 5.88 Å². The number of aromatic nitrogens is 5. The van der Waals surface area contributed by atoms with E-state index in [0.717, 1.165) is 47.6 Å². The molecule has 3 aromatic heterocycles. The second kappa shape index (κ2) is 7.12. The Hall–Kier alpha value is -2.99. The van der Waals surface area contributed by atoms with Gasteiger partial charge in [0.1, 0.15) is 5.69 Å². The molecule has 5 rings (SSSR count). The van der Waals surface area contributed by atoms with Gasteiger partial charge in [-0.1, -0.05) is 12.1 Å². The Morgan fingerprint density at radius 3 is 2.93 bits per heavy atom. The highest BCUT2D eigenvalue weighted by atomic mass is 35.5. The molecule has 0 N–H and O–H groups in total. The van der Waals surface area contributed by atoms with Crippen molar-refractivity contribution < 1.29 is 0 Å². The van der Waals surface area contributed by atoms with Crippen LogP contribution in [-0.4, -0.2) is 30.2 Å². The van der Waals surface area contributed by atoms with E-state index in [2.05, 4.69) is 9.67 Å². The fraction of sp³-hybridized carbons (Fsp3) is 0.273. The summed E-state index contributed by atoms with van der Waals surface area (Å²) in [5.74, 6) is 0.368. The Morgan fingerprint density at radius 2 is 2.10 bits per heavy atom. The Kier molecular flexibility index (Phi) is 4.43. The number of pyridine rings is 1. The van der Waals surface area contributed by atoms with E-state index in [1.54, 1.807) is 10.9 Å². The van der Waals surface area contributed by atoms with E-state index < -0.39 is 0 Å². The molecule has 1 aliphatic heterocycles. The van der Waals surface area contributed by atoms with Crippen molar-refractivity contribution in [3.05, 3.63) is 64.5 Å². The van der Waals surface area contributed by atoms with Crippen LogP contribution in [0, 0.1) is 6.92 Å². The molecule has 7 heteroatoms. The molecule has 29 heavy (non-hydrogen) atoms. The van der Waals surface area contributed by atoms with Gasteiger partial charge in [-0.05, 0) is 49.6 Å². The smallest absolute Gasteiger partial charge is 0.261 e. The van der Waals surface area contributed by atoms with Crippen molar-refractivity contribution in [3.63, 3.8) is 0 Å². The number of hydrogen-bond donors (Lipinski definition) is 0. The molecule has 4 aromatic rings. The minimum Gasteiger partial charge on any atom is -0.298 e. The van der Waals surface area contributed by atoms with E-state index in [1.807, 2.05) is 43.3 Å². The van der Waals surface area contributed by atoms with Crippen LogP contribution in [0.15, 0.2) is 47.5 Å². The van der Waals surface area contributed by atoms with Gasteiger partial charge in [-0.15, -0.1) is 11.6 Å². The van der Waals surface area contributed by atoms with Crippen molar-refractivity contribution >= 4 is 22.5 Å². The lowest BCUT2D eigenvalue weighted by Gasteiger charge is -2.08. The molecular weight excluding hydrogens is 386 g/mol. The van der Waals surface area contributed by atoms with Crippen LogP contribution in [0.4, 0.5) is 0 Å². The summed E-state index contributed by atoms with van der Waals surface area (Å²) in [7, 11) is 0. The second-order valence-electron chi connectivity index (χ2n) is 7.33. The van der Waals surface area contributed by atoms with Crippen molar-refractivity contribution in [2.45, 2.75) is 32.9 Å². The number of aryl methyl sites for hydroxylation is 3. The van der Waals surface area contributed by atoms with Crippen LogP contribution in [0.5, 0.6) is 0 Å². The van der Waals surface area contributed by atoms with Crippen molar-refractivity contribution in [1.82, 2.24) is 24.3 Å². The van der Waals surface area contributed by atoms with Gasteiger partial charge in [-0.25, -0.2) is 4.98 Å². The third-order valence-electron chi connectivity index (χ3n) is 5.41. The molecule has 1 aromatic carbocycles. The summed E-state index contributed by atoms with van der Waals surface area (Å²) in [4.78, 5) is 22.0. The Balaban J connectivity index is 1.74. The van der Waals surface area contributed by atoms with Crippen LogP contribution in [0.3, 0.4) is 0 Å². The average molecular weight is 406 g/mol. The third-order valence-corrected chi connectivity index (χ3v) is 5.58. The fourth-order valence-electron chi connectivity index (χ4n) is 4.05. The van der Waals surface area contributed by atoms with Crippen LogP contribution >= 0.6 is 11.6 Å². The van der Waals surface area contributed by atoms with Crippen LogP contribution in [0.1, 0.15) is 17.8 Å². The topological polar surface area (TPSA) is 65.6 Å². The van der Waals surface area contributed by atoms with Crippen molar-refractivity contribution in [1.29, 1.82) is 0 Å². The minimum atomic E-state index is -0.0726. The van der Waals surface area contributed by atoms with Crippen LogP contribution < -0.4 is 5.56 Å². The maximum Gasteiger partial charge on any atom is 0.261 e. The molecule has 0 saturated carbocycles. The summed E-state index contributed by atoms with van der Waals surface area (Å²) in [6.45, 7) is 3.33. The van der Waals surface area contributed by atoms with E-state index in [0.29, 0.717) is 23.3 Å². The zero-order valence-electron chi connectivity index (χ0n) is 16.1. The first kappa shape index (κ1) is 18.1. The van der Waals surface area contributed by atoms with E-state index in [4.69, 9.17) is 21.7 Å². The van der Waals surface area contributed by atoms with Gasteiger partial charge in [-0.3, -0.25) is 19.0 Å². The highest BCUT2D eigenvalue weighted by Crippen LogP contribution is 2.37. The molecule has 0 unspecified atom stereocenters. The molecule has 1 aliphatic rings. The van der Waals surface area contributed by atoms with Gasteiger partial charge in [0.15, 0.2) is 0 Å². The molecule has 0 aliphatic carbocycles. The number of hydrogen-bond acceptors (Lipinski definition) is 4. The first-order chi connectivity index (χ1) is 14.2. The summed E-state index contributed by atoms with van der Waals surface area (Å²) in [5, 5.41) is 5.46. The highest BCUT2D eigenvalue weighted by molar-refractivity contribution is 6.17. The number of fused-ring (bicyclic) bond motifs is 2. The zero-order valence-corrected chi connectivity index (χ0v) is 16.9. The van der Waals surface area contributed by atoms with Crippen LogP contribution in [0.25, 0.3) is 33.4 Å². The molecular formula is C22H20ClN5O. The molecule has 0 spiro atoms. The largest absolute Gasteiger partial charge is 0.298 e. The Labute approximate surface area is 172 Å². The predicted octanol–water partition coefficient (Wildman–Crippen LogP) is 3.82. The van der Waals surface area contributed by atoms with Gasteiger partial charge in [0.2, 0.25) is 0 Å². The Morgan fingerprint density at radius 1 is 1.21 bits per heavy atom. The summed E-state index contributed by atoms with van der Waals surface area (Å²) in [6.07, 6.45) is 3.61. The first-order valence-electron chi connectivity index (χ1n) is 9.75. The van der Waals surface area contributed by atoms with E-state index in [-0.39, 0.29) is 5.56 Å². The minimum absolute atomic E-state index is 0.0726. The number of alkyl halides is 1. The maximum absolute atomic E-state index is 12.9. The van der Waals surface area contributed by atoms with E-state index in [1.165, 1.54) is 5.69 Å². The molecule has 0 amide bonds. The lowest BCUT2D eigenvalue weighted by Crippen LogP contribution is -2.21. The van der Waals surface area contributed by atoms with Gasteiger partial charge < -0.3 is 0 Å². The SMILES string of the molecule is Cc1cccc(-c2nn3c(c2-c2ccc4ncn(CCCl)c(=O)c4c2)CCC3)n1. The summed E-state index contributed by atoms with van der Waals surface area (Å²) in [5.41, 5.74) is 6.53. The number of rotatable bonds is 4. The Bertz CT molecular complexity index is 1290. The zero-order chi connectivity index (χ0) is 20.0. The highest BCUT2D eigenvalue weighted by Gasteiger charge is 2.25. The van der Waals surface area contributed by atoms with Gasteiger partial charge in [0.05, 0.1) is 22.9 Å². The second-order valence-corrected chi connectivity index (χ2v) is 7.70. The number of benzene rings is 1. The van der Waals surface area contributed by atoms with E-state index in [9.17, 15) is 4.79 Å². The molecule has 6 nitrogen and oxygen atoms in total. The molecule has 0 atom stereocenters. The summed E-state index contributed by atoms with van der Waals surface area (Å²) < 4.78 is 3.64. The number of nitrogens with zero attached hydrogens (tertiary/aromatic N) is 5. The van der Waals surface area contributed by atoms with Gasteiger partial charge in [0.25, 0.3) is 5.56 Å². The molecule has 0 saturated heterocycles. The quantitative estimate of drug-likeness (QED) is 0.484. The molecule has 0 bridgehead atoms. The van der Waals surface area contributed by atoms with Gasteiger partial charge >= 0.3 is 0 Å². The standard InChI is InChI=1S/C22H20ClN5O/c1-14-4-2-5-18(25-14)21-20(19-6-3-10-28(19)26-21)15-7-8-17-16(12-15)22(29)27(11-9-23)13-24-17/h2,4-5,7-8,12-13H,3,6,9-11H2,1H3. The average Bonchev–Trinajstić information content (AvgIpc) is 3.31. The molecule has 4 heterocycles. The summed E-state index contributed by atoms with van der Waals surface area (Å²) >= 11 is 5.83. The fourth-order valence-corrected chi connectivity index (χ4v) is 4.24. The predicted molar refractivity (Wildman–Crippen MR) is 114 cm³/mol. The lowest BCUT2D eigenvalue weighted by molar-refractivity contribution is 0.658. The van der Waals surface area contributed by atoms with Crippen LogP contribution in [-0.2, 0) is 19.5 Å². The van der Waals surface area contributed by atoms with Crippen LogP contribution in [0.2, 0.25) is 0 Å². The van der Waals surface area contributed by atoms with Gasteiger partial charge in [-0.2, -0.15) is 5.10 Å². The van der Waals surface area contributed by atoms with Crippen molar-refractivity contribution in [3.8, 4) is 22.5 Å². The van der Waals surface area contributed by atoms with E-state index >= 15 is 0 Å². The lowest BCUT2D eigenvalue weighted by atomic mass is 9.98. The maximum atomic E-state index is 12.9.